The van der Waals surface area contributed by atoms with Gasteiger partial charge in [0, 0.05) is 12.0 Å². The standard InChI is InChI=1S/C15H17N3O4/c1-21-11-7-6-9(8-12(11)22-2)14-16-13-5-3-4-10(15(19)20)18(13)17-14/h6-8,10H,3-5H2,1-2H3,(H,19,20). The average Bonchev–Trinajstić information content (AvgIpc) is 2.97. The zero-order valence-corrected chi connectivity index (χ0v) is 12.4. The van der Waals surface area contributed by atoms with Crippen LogP contribution < -0.4 is 9.47 Å². The van der Waals surface area contributed by atoms with Crippen LogP contribution in [0.5, 0.6) is 11.5 Å². The number of hydrogen-bond acceptors (Lipinski definition) is 5. The molecule has 1 aliphatic rings. The highest BCUT2D eigenvalue weighted by Gasteiger charge is 2.28. The predicted molar refractivity (Wildman–Crippen MR) is 78.2 cm³/mol. The second-order valence-electron chi connectivity index (χ2n) is 5.11. The van der Waals surface area contributed by atoms with Crippen molar-refractivity contribution in [2.45, 2.75) is 25.3 Å². The summed E-state index contributed by atoms with van der Waals surface area (Å²) in [5.41, 5.74) is 0.767. The van der Waals surface area contributed by atoms with Crippen molar-refractivity contribution in [3.05, 3.63) is 24.0 Å². The van der Waals surface area contributed by atoms with E-state index in [2.05, 4.69) is 10.1 Å². The molecule has 0 saturated carbocycles. The number of nitrogens with zero attached hydrogens (tertiary/aromatic N) is 3. The molecule has 1 N–H and O–H groups in total. The van der Waals surface area contributed by atoms with E-state index < -0.39 is 12.0 Å². The van der Waals surface area contributed by atoms with E-state index in [-0.39, 0.29) is 0 Å². The third-order valence-electron chi connectivity index (χ3n) is 3.80. The van der Waals surface area contributed by atoms with Gasteiger partial charge < -0.3 is 14.6 Å². The van der Waals surface area contributed by atoms with Crippen molar-refractivity contribution in [2.24, 2.45) is 0 Å². The second-order valence-corrected chi connectivity index (χ2v) is 5.11. The van der Waals surface area contributed by atoms with E-state index in [0.29, 0.717) is 29.6 Å². The number of aromatic nitrogens is 3. The first kappa shape index (κ1) is 14.4. The molecule has 0 radical (unpaired) electrons. The van der Waals surface area contributed by atoms with Gasteiger partial charge in [-0.15, -0.1) is 5.10 Å². The molecule has 0 saturated heterocycles. The van der Waals surface area contributed by atoms with Crippen molar-refractivity contribution in [3.63, 3.8) is 0 Å². The van der Waals surface area contributed by atoms with Gasteiger partial charge in [-0.25, -0.2) is 14.5 Å². The molecule has 0 fully saturated rings. The summed E-state index contributed by atoms with van der Waals surface area (Å²) in [5.74, 6) is 1.55. The van der Waals surface area contributed by atoms with Crippen molar-refractivity contribution in [1.82, 2.24) is 14.8 Å². The summed E-state index contributed by atoms with van der Waals surface area (Å²) < 4.78 is 12.0. The minimum Gasteiger partial charge on any atom is -0.493 e. The molecule has 1 unspecified atom stereocenters. The van der Waals surface area contributed by atoms with Gasteiger partial charge in [-0.05, 0) is 31.0 Å². The Morgan fingerprint density at radius 3 is 2.77 bits per heavy atom. The summed E-state index contributed by atoms with van der Waals surface area (Å²) >= 11 is 0. The Balaban J connectivity index is 2.01. The predicted octanol–water partition coefficient (Wildman–Crippen LogP) is 1.92. The number of aryl methyl sites for hydroxylation is 1. The topological polar surface area (TPSA) is 86.5 Å². The summed E-state index contributed by atoms with van der Waals surface area (Å²) in [6, 6.07) is 4.77. The molecule has 1 aliphatic heterocycles. The van der Waals surface area contributed by atoms with Crippen LogP contribution in [0.15, 0.2) is 18.2 Å². The van der Waals surface area contributed by atoms with Gasteiger partial charge in [-0.1, -0.05) is 0 Å². The van der Waals surface area contributed by atoms with Gasteiger partial charge in [0.15, 0.2) is 23.4 Å². The van der Waals surface area contributed by atoms with E-state index in [1.54, 1.807) is 26.4 Å². The minimum atomic E-state index is -0.871. The van der Waals surface area contributed by atoms with E-state index in [9.17, 15) is 9.90 Å². The third-order valence-corrected chi connectivity index (χ3v) is 3.80. The number of aliphatic carboxylic acids is 1. The molecule has 1 aromatic heterocycles. The molecule has 1 aromatic carbocycles. The first-order valence-corrected chi connectivity index (χ1v) is 7.04. The van der Waals surface area contributed by atoms with Crippen LogP contribution in [0.4, 0.5) is 0 Å². The lowest BCUT2D eigenvalue weighted by Crippen LogP contribution is -2.25. The van der Waals surface area contributed by atoms with Crippen LogP contribution in [0.3, 0.4) is 0 Å². The Kier molecular flexibility index (Phi) is 3.70. The number of carbonyl (C=O) groups is 1. The van der Waals surface area contributed by atoms with Gasteiger partial charge in [0.1, 0.15) is 5.82 Å². The van der Waals surface area contributed by atoms with Crippen LogP contribution in [0.1, 0.15) is 24.7 Å². The summed E-state index contributed by atoms with van der Waals surface area (Å²) in [7, 11) is 3.14. The summed E-state index contributed by atoms with van der Waals surface area (Å²) in [6.07, 6.45) is 2.13. The maximum atomic E-state index is 11.3. The van der Waals surface area contributed by atoms with Gasteiger partial charge in [0.25, 0.3) is 0 Å². The first-order valence-electron chi connectivity index (χ1n) is 7.04. The lowest BCUT2D eigenvalue weighted by Gasteiger charge is -2.19. The molecule has 7 heteroatoms. The van der Waals surface area contributed by atoms with E-state index >= 15 is 0 Å². The average molecular weight is 303 g/mol. The molecule has 7 nitrogen and oxygen atoms in total. The molecule has 0 aliphatic carbocycles. The fourth-order valence-electron chi connectivity index (χ4n) is 2.68. The van der Waals surface area contributed by atoms with Crippen LogP contribution in [-0.2, 0) is 11.2 Å². The Labute approximate surface area is 127 Å². The molecule has 2 aromatic rings. The number of fused-ring (bicyclic) bond motifs is 1. The van der Waals surface area contributed by atoms with Gasteiger partial charge in [-0.3, -0.25) is 0 Å². The molecule has 3 rings (SSSR count). The summed E-state index contributed by atoms with van der Waals surface area (Å²) in [5, 5.41) is 13.7. The SMILES string of the molecule is COc1ccc(-c2nc3n(n2)C(C(=O)O)CCC3)cc1OC. The van der Waals surface area contributed by atoms with Gasteiger partial charge in [-0.2, -0.15) is 0 Å². The van der Waals surface area contributed by atoms with Gasteiger partial charge in [0.2, 0.25) is 0 Å². The number of ether oxygens (including phenoxy) is 2. The molecule has 0 bridgehead atoms. The number of carboxylic acid groups (broad SMARTS) is 1. The highest BCUT2D eigenvalue weighted by Crippen LogP contribution is 2.32. The Morgan fingerprint density at radius 2 is 2.09 bits per heavy atom. The molecule has 2 heterocycles. The Hall–Kier alpha value is -2.57. The lowest BCUT2D eigenvalue weighted by atomic mass is 10.1. The minimum absolute atomic E-state index is 0.504. The maximum absolute atomic E-state index is 11.3. The largest absolute Gasteiger partial charge is 0.493 e. The lowest BCUT2D eigenvalue weighted by molar-refractivity contribution is -0.141. The second kappa shape index (κ2) is 5.67. The van der Waals surface area contributed by atoms with E-state index in [4.69, 9.17) is 9.47 Å². The number of rotatable bonds is 4. The molecule has 116 valence electrons. The first-order chi connectivity index (χ1) is 10.6. The highest BCUT2D eigenvalue weighted by atomic mass is 16.5. The zero-order chi connectivity index (χ0) is 15.7. The van der Waals surface area contributed by atoms with Crippen molar-refractivity contribution in [3.8, 4) is 22.9 Å². The molecule has 0 amide bonds. The Bertz CT molecular complexity index is 711. The quantitative estimate of drug-likeness (QED) is 0.928. The fraction of sp³-hybridized carbons (Fsp3) is 0.400. The number of benzene rings is 1. The third kappa shape index (κ3) is 2.38. The monoisotopic (exact) mass is 303 g/mol. The van der Waals surface area contributed by atoms with Crippen molar-refractivity contribution < 1.29 is 19.4 Å². The molecule has 1 atom stereocenters. The van der Waals surface area contributed by atoms with E-state index in [1.807, 2.05) is 6.07 Å². The maximum Gasteiger partial charge on any atom is 0.328 e. The van der Waals surface area contributed by atoms with Gasteiger partial charge in [0.05, 0.1) is 14.2 Å². The molecular formula is C15H17N3O4. The Morgan fingerprint density at radius 1 is 1.32 bits per heavy atom. The normalized spacial score (nSPS) is 16.9. The highest BCUT2D eigenvalue weighted by molar-refractivity contribution is 5.72. The van der Waals surface area contributed by atoms with Crippen LogP contribution >= 0.6 is 0 Å². The van der Waals surface area contributed by atoms with Crippen LogP contribution in [-0.4, -0.2) is 40.1 Å². The number of hydrogen-bond donors (Lipinski definition) is 1. The van der Waals surface area contributed by atoms with Gasteiger partial charge >= 0.3 is 5.97 Å². The van der Waals surface area contributed by atoms with E-state index in [1.165, 1.54) is 4.68 Å². The van der Waals surface area contributed by atoms with E-state index in [0.717, 1.165) is 18.4 Å². The molecular weight excluding hydrogens is 286 g/mol. The van der Waals surface area contributed by atoms with Crippen molar-refractivity contribution in [1.29, 1.82) is 0 Å². The number of carboxylic acids is 1. The summed E-state index contributed by atoms with van der Waals surface area (Å²) in [6.45, 7) is 0. The smallest absolute Gasteiger partial charge is 0.328 e. The zero-order valence-electron chi connectivity index (χ0n) is 12.4. The molecule has 0 spiro atoms. The van der Waals surface area contributed by atoms with Crippen molar-refractivity contribution in [2.75, 3.05) is 14.2 Å². The summed E-state index contributed by atoms with van der Waals surface area (Å²) in [4.78, 5) is 15.8. The van der Waals surface area contributed by atoms with Crippen molar-refractivity contribution >= 4 is 5.97 Å². The van der Waals surface area contributed by atoms with Crippen LogP contribution in [0.25, 0.3) is 11.4 Å². The van der Waals surface area contributed by atoms with Crippen LogP contribution in [0, 0.1) is 0 Å². The molecule has 22 heavy (non-hydrogen) atoms. The number of methoxy groups -OCH3 is 2. The van der Waals surface area contributed by atoms with Crippen LogP contribution in [0.2, 0.25) is 0 Å². The fourth-order valence-corrected chi connectivity index (χ4v) is 2.68.